The largest absolute Gasteiger partial charge is 0.286 e. The zero-order valence-corrected chi connectivity index (χ0v) is 9.60. The first kappa shape index (κ1) is 10.1. The zero-order chi connectivity index (χ0) is 11.0. The van der Waals surface area contributed by atoms with Crippen molar-refractivity contribution in [3.05, 3.63) is 24.0 Å². The molecule has 80 valence electrons. The second-order valence-electron chi connectivity index (χ2n) is 4.41. The van der Waals surface area contributed by atoms with Gasteiger partial charge in [-0.25, -0.2) is 4.98 Å². The lowest BCUT2D eigenvalue weighted by Crippen LogP contribution is -2.02. The topological polar surface area (TPSA) is 43.1 Å². The van der Waals surface area contributed by atoms with Gasteiger partial charge in [-0.05, 0) is 11.8 Å². The Morgan fingerprint density at radius 3 is 2.27 bits per heavy atom. The fraction of sp³-hybridized carbons (Fsp3) is 0.545. The summed E-state index contributed by atoms with van der Waals surface area (Å²) in [5, 5.41) is 8.19. The first-order valence-electron chi connectivity index (χ1n) is 5.29. The van der Waals surface area contributed by atoms with Gasteiger partial charge in [-0.3, -0.25) is 4.40 Å². The Hall–Kier alpha value is -1.45. The fourth-order valence-electron chi connectivity index (χ4n) is 1.73. The van der Waals surface area contributed by atoms with Gasteiger partial charge in [0.05, 0.1) is 16.9 Å². The molecule has 0 aliphatic carbocycles. The average Bonchev–Trinajstić information content (AvgIpc) is 2.60. The molecular weight excluding hydrogens is 188 g/mol. The van der Waals surface area contributed by atoms with Crippen LogP contribution in [0.25, 0.3) is 5.52 Å². The number of fused-ring (bicyclic) bond motifs is 1. The highest BCUT2D eigenvalue weighted by Gasteiger charge is 2.15. The monoisotopic (exact) mass is 204 g/mol. The fourth-order valence-corrected chi connectivity index (χ4v) is 1.73. The maximum absolute atomic E-state index is 4.42. The van der Waals surface area contributed by atoms with E-state index in [4.69, 9.17) is 0 Å². The molecule has 4 nitrogen and oxygen atoms in total. The summed E-state index contributed by atoms with van der Waals surface area (Å²) in [4.78, 5) is 4.42. The van der Waals surface area contributed by atoms with Crippen molar-refractivity contribution >= 4 is 5.52 Å². The van der Waals surface area contributed by atoms with E-state index in [-0.39, 0.29) is 0 Å². The van der Waals surface area contributed by atoms with Crippen LogP contribution in [0.15, 0.2) is 12.7 Å². The minimum atomic E-state index is 0.371. The molecule has 0 saturated carbocycles. The third-order valence-corrected chi connectivity index (χ3v) is 2.50. The van der Waals surface area contributed by atoms with Gasteiger partial charge in [0.2, 0.25) is 0 Å². The molecule has 0 aromatic carbocycles. The van der Waals surface area contributed by atoms with Crippen LogP contribution in [0, 0.1) is 0 Å². The molecule has 2 aromatic heterocycles. The predicted octanol–water partition coefficient (Wildman–Crippen LogP) is 2.37. The molecule has 0 atom stereocenters. The number of hydrogen-bond acceptors (Lipinski definition) is 3. The normalized spacial score (nSPS) is 11.9. The van der Waals surface area contributed by atoms with Gasteiger partial charge >= 0.3 is 0 Å². The second kappa shape index (κ2) is 3.61. The molecule has 2 heterocycles. The van der Waals surface area contributed by atoms with Crippen LogP contribution in [0.5, 0.6) is 0 Å². The number of aromatic nitrogens is 4. The van der Waals surface area contributed by atoms with Crippen LogP contribution >= 0.6 is 0 Å². The molecule has 2 aromatic rings. The van der Waals surface area contributed by atoms with E-state index in [1.807, 2.05) is 10.7 Å². The molecular formula is C11H16N4. The Labute approximate surface area is 89.4 Å². The summed E-state index contributed by atoms with van der Waals surface area (Å²) >= 11 is 0. The van der Waals surface area contributed by atoms with E-state index in [1.165, 1.54) is 0 Å². The van der Waals surface area contributed by atoms with Gasteiger partial charge in [-0.1, -0.05) is 27.7 Å². The van der Waals surface area contributed by atoms with Crippen LogP contribution in [-0.2, 0) is 0 Å². The molecule has 4 heteroatoms. The minimum Gasteiger partial charge on any atom is -0.286 e. The van der Waals surface area contributed by atoms with Crippen LogP contribution < -0.4 is 0 Å². The molecule has 0 fully saturated rings. The van der Waals surface area contributed by atoms with Gasteiger partial charge < -0.3 is 0 Å². The SMILES string of the molecule is CC(C)c1ncn2cnnc(C(C)C)c12. The summed E-state index contributed by atoms with van der Waals surface area (Å²) in [6.45, 7) is 8.54. The van der Waals surface area contributed by atoms with Crippen molar-refractivity contribution in [3.8, 4) is 0 Å². The zero-order valence-electron chi connectivity index (χ0n) is 9.60. The van der Waals surface area contributed by atoms with E-state index in [2.05, 4.69) is 42.9 Å². The first-order valence-corrected chi connectivity index (χ1v) is 5.29. The minimum absolute atomic E-state index is 0.371. The predicted molar refractivity (Wildman–Crippen MR) is 59.0 cm³/mol. The Kier molecular flexibility index (Phi) is 2.42. The third kappa shape index (κ3) is 1.60. The summed E-state index contributed by atoms with van der Waals surface area (Å²) in [5.74, 6) is 0.784. The van der Waals surface area contributed by atoms with E-state index in [9.17, 15) is 0 Å². The Morgan fingerprint density at radius 2 is 1.67 bits per heavy atom. The van der Waals surface area contributed by atoms with Gasteiger partial charge in [0.15, 0.2) is 0 Å². The molecule has 0 saturated heterocycles. The Morgan fingerprint density at radius 1 is 1.00 bits per heavy atom. The lowest BCUT2D eigenvalue weighted by Gasteiger charge is -2.08. The average molecular weight is 204 g/mol. The van der Waals surface area contributed by atoms with Crippen molar-refractivity contribution in [1.82, 2.24) is 19.6 Å². The van der Waals surface area contributed by atoms with E-state index in [0.29, 0.717) is 11.8 Å². The molecule has 0 spiro atoms. The van der Waals surface area contributed by atoms with Gasteiger partial charge in [0.1, 0.15) is 12.7 Å². The number of rotatable bonds is 2. The molecule has 0 N–H and O–H groups in total. The quantitative estimate of drug-likeness (QED) is 0.754. The van der Waals surface area contributed by atoms with Crippen molar-refractivity contribution in [3.63, 3.8) is 0 Å². The summed E-state index contributed by atoms with van der Waals surface area (Å²) in [6, 6.07) is 0. The van der Waals surface area contributed by atoms with Crippen LogP contribution in [0.1, 0.15) is 50.9 Å². The smallest absolute Gasteiger partial charge is 0.123 e. The van der Waals surface area contributed by atoms with Gasteiger partial charge in [-0.15, -0.1) is 5.10 Å². The molecule has 0 amide bonds. The molecule has 0 bridgehead atoms. The van der Waals surface area contributed by atoms with Gasteiger partial charge in [0.25, 0.3) is 0 Å². The van der Waals surface area contributed by atoms with Gasteiger partial charge in [-0.2, -0.15) is 5.10 Å². The van der Waals surface area contributed by atoms with Crippen LogP contribution in [0.2, 0.25) is 0 Å². The lowest BCUT2D eigenvalue weighted by molar-refractivity contribution is 0.767. The van der Waals surface area contributed by atoms with Crippen LogP contribution in [-0.4, -0.2) is 19.6 Å². The van der Waals surface area contributed by atoms with Crippen molar-refractivity contribution in [1.29, 1.82) is 0 Å². The summed E-state index contributed by atoms with van der Waals surface area (Å²) in [7, 11) is 0. The molecule has 2 rings (SSSR count). The highest BCUT2D eigenvalue weighted by atomic mass is 15.2. The molecule has 0 aliphatic heterocycles. The lowest BCUT2D eigenvalue weighted by atomic mass is 10.0. The van der Waals surface area contributed by atoms with Gasteiger partial charge in [0, 0.05) is 0 Å². The van der Waals surface area contributed by atoms with Crippen molar-refractivity contribution in [2.45, 2.75) is 39.5 Å². The third-order valence-electron chi connectivity index (χ3n) is 2.50. The Bertz CT molecular complexity index is 470. The van der Waals surface area contributed by atoms with E-state index in [0.717, 1.165) is 16.9 Å². The van der Waals surface area contributed by atoms with E-state index >= 15 is 0 Å². The Balaban J connectivity index is 2.75. The summed E-state index contributed by atoms with van der Waals surface area (Å²) < 4.78 is 1.96. The summed E-state index contributed by atoms with van der Waals surface area (Å²) in [6.07, 6.45) is 3.52. The van der Waals surface area contributed by atoms with Crippen LogP contribution in [0.3, 0.4) is 0 Å². The molecule has 0 radical (unpaired) electrons. The number of nitrogens with zero attached hydrogens (tertiary/aromatic N) is 4. The highest BCUT2D eigenvalue weighted by molar-refractivity contribution is 5.57. The maximum Gasteiger partial charge on any atom is 0.123 e. The van der Waals surface area contributed by atoms with E-state index < -0.39 is 0 Å². The summed E-state index contributed by atoms with van der Waals surface area (Å²) in [5.41, 5.74) is 3.25. The van der Waals surface area contributed by atoms with Crippen molar-refractivity contribution in [2.24, 2.45) is 0 Å². The molecule has 15 heavy (non-hydrogen) atoms. The first-order chi connectivity index (χ1) is 7.11. The van der Waals surface area contributed by atoms with Crippen molar-refractivity contribution < 1.29 is 0 Å². The van der Waals surface area contributed by atoms with E-state index in [1.54, 1.807) is 6.33 Å². The second-order valence-corrected chi connectivity index (χ2v) is 4.41. The van der Waals surface area contributed by atoms with Crippen molar-refractivity contribution in [2.75, 3.05) is 0 Å². The maximum atomic E-state index is 4.42. The molecule has 0 aliphatic rings. The molecule has 0 unspecified atom stereocenters. The number of imidazole rings is 1. The van der Waals surface area contributed by atoms with Crippen LogP contribution in [0.4, 0.5) is 0 Å². The highest BCUT2D eigenvalue weighted by Crippen LogP contribution is 2.24. The number of hydrogen-bond donors (Lipinski definition) is 0. The standard InChI is InChI=1S/C11H16N4/c1-7(2)9-11-10(8(3)4)14-13-6-15(11)5-12-9/h5-8H,1-4H3.